The Morgan fingerprint density at radius 2 is 2.10 bits per heavy atom. The molecular formula is C13H18N4O2S. The second kappa shape index (κ2) is 5.26. The van der Waals surface area contributed by atoms with Crippen LogP contribution in [-0.4, -0.2) is 29.3 Å². The molecule has 0 saturated carbocycles. The van der Waals surface area contributed by atoms with E-state index in [1.807, 2.05) is 6.07 Å². The first-order chi connectivity index (χ1) is 9.30. The first-order valence-corrected chi connectivity index (χ1v) is 7.55. The summed E-state index contributed by atoms with van der Waals surface area (Å²) in [7, 11) is -0.298. The van der Waals surface area contributed by atoms with Crippen molar-refractivity contribution < 1.29 is 8.42 Å². The quantitative estimate of drug-likeness (QED) is 0.857. The summed E-state index contributed by atoms with van der Waals surface area (Å²) in [5.74, 6) is 0.654. The van der Waals surface area contributed by atoms with Crippen LogP contribution in [0.25, 0.3) is 0 Å². The Bertz CT molecular complexity index is 702. The zero-order valence-electron chi connectivity index (χ0n) is 11.7. The summed E-state index contributed by atoms with van der Waals surface area (Å²) < 4.78 is 27.8. The minimum Gasteiger partial charge on any atom is -0.399 e. The molecule has 2 rings (SSSR count). The molecule has 108 valence electrons. The summed E-state index contributed by atoms with van der Waals surface area (Å²) in [4.78, 5) is 4.07. The van der Waals surface area contributed by atoms with Crippen LogP contribution in [0.5, 0.6) is 0 Å². The van der Waals surface area contributed by atoms with E-state index in [2.05, 4.69) is 4.98 Å². The lowest BCUT2D eigenvalue weighted by Crippen LogP contribution is -2.26. The van der Waals surface area contributed by atoms with E-state index in [1.165, 1.54) is 17.5 Å². The van der Waals surface area contributed by atoms with Crippen LogP contribution in [0.4, 0.5) is 5.69 Å². The smallest absolute Gasteiger partial charge is 0.262 e. The van der Waals surface area contributed by atoms with Crippen LogP contribution in [0.15, 0.2) is 35.5 Å². The van der Waals surface area contributed by atoms with Gasteiger partial charge in [0.05, 0.1) is 0 Å². The molecule has 0 aliphatic carbocycles. The summed E-state index contributed by atoms with van der Waals surface area (Å²) in [5.41, 5.74) is 7.14. The third kappa shape index (κ3) is 2.83. The molecule has 0 atom stereocenters. The molecule has 2 aromatic rings. The van der Waals surface area contributed by atoms with Crippen LogP contribution >= 0.6 is 0 Å². The third-order valence-corrected chi connectivity index (χ3v) is 4.79. The lowest BCUT2D eigenvalue weighted by molar-refractivity contribution is 0.464. The van der Waals surface area contributed by atoms with Crippen LogP contribution in [0.1, 0.15) is 11.4 Å². The molecule has 0 aliphatic rings. The van der Waals surface area contributed by atoms with Crippen molar-refractivity contribution >= 4 is 15.7 Å². The normalized spacial score (nSPS) is 12.0. The van der Waals surface area contributed by atoms with Crippen LogP contribution in [0, 0.1) is 6.92 Å². The zero-order valence-corrected chi connectivity index (χ0v) is 12.6. The van der Waals surface area contributed by atoms with Gasteiger partial charge in [-0.25, -0.2) is 13.4 Å². The van der Waals surface area contributed by atoms with E-state index in [1.54, 1.807) is 36.7 Å². The summed E-state index contributed by atoms with van der Waals surface area (Å²) in [6, 6.07) is 7.16. The number of anilines is 1. The highest BCUT2D eigenvalue weighted by molar-refractivity contribution is 7.89. The molecule has 0 spiro atoms. The van der Waals surface area contributed by atoms with Crippen molar-refractivity contribution in [3.8, 4) is 0 Å². The van der Waals surface area contributed by atoms with Crippen LogP contribution in [-0.2, 0) is 23.6 Å². The molecule has 1 aromatic heterocycles. The fourth-order valence-electron chi connectivity index (χ4n) is 1.84. The molecule has 0 unspecified atom stereocenters. The number of nitrogens with two attached hydrogens (primary N) is 1. The number of hydrogen-bond acceptors (Lipinski definition) is 4. The van der Waals surface area contributed by atoms with Crippen molar-refractivity contribution in [1.82, 2.24) is 13.9 Å². The van der Waals surface area contributed by atoms with E-state index < -0.39 is 10.0 Å². The average molecular weight is 294 g/mol. The maximum Gasteiger partial charge on any atom is 0.262 e. The first kappa shape index (κ1) is 14.5. The molecular weight excluding hydrogens is 276 g/mol. The molecule has 0 amide bonds. The molecule has 1 heterocycles. The van der Waals surface area contributed by atoms with E-state index >= 15 is 0 Å². The van der Waals surface area contributed by atoms with Crippen molar-refractivity contribution in [3.05, 3.63) is 41.9 Å². The fraction of sp³-hybridized carbons (Fsp3) is 0.308. The van der Waals surface area contributed by atoms with Gasteiger partial charge >= 0.3 is 0 Å². The predicted octanol–water partition coefficient (Wildman–Crippen LogP) is 1.13. The zero-order chi connectivity index (χ0) is 14.9. The molecule has 0 radical (unpaired) electrons. The van der Waals surface area contributed by atoms with Gasteiger partial charge in [-0.2, -0.15) is 4.31 Å². The van der Waals surface area contributed by atoms with Gasteiger partial charge in [-0.05, 0) is 24.6 Å². The Morgan fingerprint density at radius 1 is 1.40 bits per heavy atom. The number of rotatable bonds is 4. The van der Waals surface area contributed by atoms with Gasteiger partial charge < -0.3 is 10.3 Å². The Morgan fingerprint density at radius 3 is 2.65 bits per heavy atom. The number of aromatic nitrogens is 2. The number of nitrogens with zero attached hydrogens (tertiary/aromatic N) is 3. The second-order valence-corrected chi connectivity index (χ2v) is 6.74. The van der Waals surface area contributed by atoms with E-state index in [0.29, 0.717) is 11.5 Å². The highest BCUT2D eigenvalue weighted by Gasteiger charge is 2.24. The van der Waals surface area contributed by atoms with E-state index in [-0.39, 0.29) is 11.6 Å². The van der Waals surface area contributed by atoms with Gasteiger partial charge in [0.25, 0.3) is 10.0 Å². The Hall–Kier alpha value is -1.86. The fourth-order valence-corrected chi connectivity index (χ4v) is 3.02. The van der Waals surface area contributed by atoms with Crippen molar-refractivity contribution in [2.24, 2.45) is 7.05 Å². The molecule has 0 aliphatic heterocycles. The van der Waals surface area contributed by atoms with E-state index in [0.717, 1.165) is 5.56 Å². The number of benzene rings is 1. The minimum absolute atomic E-state index is 0.0592. The highest BCUT2D eigenvalue weighted by Crippen LogP contribution is 2.17. The monoisotopic (exact) mass is 294 g/mol. The number of sulfonamides is 1. The largest absolute Gasteiger partial charge is 0.399 e. The Balaban J connectivity index is 2.25. The number of nitrogen functional groups attached to an aromatic ring is 1. The highest BCUT2D eigenvalue weighted by atomic mass is 32.2. The molecule has 2 N–H and O–H groups in total. The summed E-state index contributed by atoms with van der Waals surface area (Å²) >= 11 is 0. The lowest BCUT2D eigenvalue weighted by atomic mass is 10.2. The van der Waals surface area contributed by atoms with Crippen LogP contribution in [0.2, 0.25) is 0 Å². The van der Waals surface area contributed by atoms with Gasteiger partial charge in [-0.15, -0.1) is 0 Å². The SMILES string of the molecule is Cc1nc(S(=O)(=O)N(C)Cc2cccc(N)c2)cn1C. The summed E-state index contributed by atoms with van der Waals surface area (Å²) in [6.07, 6.45) is 1.51. The molecule has 7 heteroatoms. The predicted molar refractivity (Wildman–Crippen MR) is 77.5 cm³/mol. The molecule has 0 fully saturated rings. The van der Waals surface area contributed by atoms with Gasteiger partial charge in [-0.1, -0.05) is 12.1 Å². The maximum atomic E-state index is 12.4. The van der Waals surface area contributed by atoms with Gasteiger partial charge in [0.2, 0.25) is 0 Å². The minimum atomic E-state index is -3.59. The van der Waals surface area contributed by atoms with Gasteiger partial charge in [0, 0.05) is 32.5 Å². The summed E-state index contributed by atoms with van der Waals surface area (Å²) in [5, 5.41) is 0.0592. The van der Waals surface area contributed by atoms with Crippen molar-refractivity contribution in [2.75, 3.05) is 12.8 Å². The Labute approximate surface area is 118 Å². The molecule has 0 bridgehead atoms. The van der Waals surface area contributed by atoms with E-state index in [4.69, 9.17) is 5.73 Å². The number of imidazole rings is 1. The number of aryl methyl sites for hydroxylation is 2. The first-order valence-electron chi connectivity index (χ1n) is 6.11. The third-order valence-electron chi connectivity index (χ3n) is 3.12. The molecule has 6 nitrogen and oxygen atoms in total. The van der Waals surface area contributed by atoms with Crippen LogP contribution < -0.4 is 5.73 Å². The molecule has 1 aromatic carbocycles. The van der Waals surface area contributed by atoms with Crippen molar-refractivity contribution in [2.45, 2.75) is 18.5 Å². The van der Waals surface area contributed by atoms with E-state index in [9.17, 15) is 8.42 Å². The number of hydrogen-bond donors (Lipinski definition) is 1. The van der Waals surface area contributed by atoms with Crippen molar-refractivity contribution in [1.29, 1.82) is 0 Å². The average Bonchev–Trinajstić information content (AvgIpc) is 2.70. The topological polar surface area (TPSA) is 81.2 Å². The maximum absolute atomic E-state index is 12.4. The van der Waals surface area contributed by atoms with Crippen LogP contribution in [0.3, 0.4) is 0 Å². The Kier molecular flexibility index (Phi) is 3.82. The molecule has 20 heavy (non-hydrogen) atoms. The molecule has 0 saturated heterocycles. The summed E-state index contributed by atoms with van der Waals surface area (Å²) in [6.45, 7) is 2.01. The standard InChI is InChI=1S/C13H18N4O2S/c1-10-15-13(9-16(10)2)20(18,19)17(3)8-11-5-4-6-12(14)7-11/h4-7,9H,8,14H2,1-3H3. The second-order valence-electron chi connectivity index (χ2n) is 4.74. The van der Waals surface area contributed by atoms with Gasteiger partial charge in [-0.3, -0.25) is 0 Å². The van der Waals surface area contributed by atoms with Crippen molar-refractivity contribution in [3.63, 3.8) is 0 Å². The lowest BCUT2D eigenvalue weighted by Gasteiger charge is -2.15. The van der Waals surface area contributed by atoms with Gasteiger partial charge in [0.15, 0.2) is 5.03 Å². The van der Waals surface area contributed by atoms with Gasteiger partial charge in [0.1, 0.15) is 5.82 Å².